The second-order valence-electron chi connectivity index (χ2n) is 7.60. The number of nitrogens with zero attached hydrogens (tertiary/aromatic N) is 4. The van der Waals surface area contributed by atoms with Gasteiger partial charge in [0.2, 0.25) is 5.95 Å². The molecule has 3 aromatic heterocycles. The van der Waals surface area contributed by atoms with Crippen LogP contribution in [-0.2, 0) is 6.42 Å². The van der Waals surface area contributed by atoms with Crippen LogP contribution >= 0.6 is 11.3 Å². The van der Waals surface area contributed by atoms with Crippen molar-refractivity contribution in [3.05, 3.63) is 64.9 Å². The first-order chi connectivity index (χ1) is 14.3. The molecule has 6 heteroatoms. The standard InChI is InChI=1S/C23H25N5S/c1-2-14-27(13-1)15-4-5-18-8-10-20(11-9-18)24-23-25-22-7-3-6-21(28(22)26-23)19-12-16-29-17-19/h3,6-12,16-17H,1-2,4-5,13-15H2,(H,24,26). The van der Waals surface area contributed by atoms with Crippen LogP contribution in [0.3, 0.4) is 0 Å². The summed E-state index contributed by atoms with van der Waals surface area (Å²) >= 11 is 1.69. The molecule has 5 nitrogen and oxygen atoms in total. The van der Waals surface area contributed by atoms with Crippen LogP contribution in [0, 0.1) is 0 Å². The lowest BCUT2D eigenvalue weighted by atomic mass is 10.1. The highest BCUT2D eigenvalue weighted by molar-refractivity contribution is 7.08. The van der Waals surface area contributed by atoms with Crippen molar-refractivity contribution in [2.45, 2.75) is 25.7 Å². The molecule has 1 fully saturated rings. The summed E-state index contributed by atoms with van der Waals surface area (Å²) < 4.78 is 1.90. The summed E-state index contributed by atoms with van der Waals surface area (Å²) in [5, 5.41) is 12.2. The number of benzene rings is 1. The highest BCUT2D eigenvalue weighted by Crippen LogP contribution is 2.24. The quantitative estimate of drug-likeness (QED) is 0.459. The monoisotopic (exact) mass is 403 g/mol. The predicted octanol–water partition coefficient (Wildman–Crippen LogP) is 5.23. The molecule has 29 heavy (non-hydrogen) atoms. The number of fused-ring (bicyclic) bond motifs is 1. The van der Waals surface area contributed by atoms with Crippen LogP contribution < -0.4 is 5.32 Å². The summed E-state index contributed by atoms with van der Waals surface area (Å²) in [7, 11) is 0. The van der Waals surface area contributed by atoms with Gasteiger partial charge in [0.05, 0.1) is 5.69 Å². The minimum Gasteiger partial charge on any atom is -0.323 e. The third-order valence-electron chi connectivity index (χ3n) is 5.53. The van der Waals surface area contributed by atoms with Gasteiger partial charge in [-0.05, 0) is 86.6 Å². The average molecular weight is 404 g/mol. The molecule has 148 valence electrons. The maximum Gasteiger partial charge on any atom is 0.247 e. The van der Waals surface area contributed by atoms with E-state index >= 15 is 0 Å². The van der Waals surface area contributed by atoms with E-state index in [1.165, 1.54) is 44.5 Å². The lowest BCUT2D eigenvalue weighted by molar-refractivity contribution is 0.334. The van der Waals surface area contributed by atoms with Crippen molar-refractivity contribution >= 4 is 28.6 Å². The Kier molecular flexibility index (Phi) is 5.28. The molecule has 1 N–H and O–H groups in total. The SMILES string of the molecule is c1cc(-c2ccsc2)n2nc(Nc3ccc(CCCN4CCCC4)cc3)nc2c1. The van der Waals surface area contributed by atoms with Gasteiger partial charge >= 0.3 is 0 Å². The smallest absolute Gasteiger partial charge is 0.247 e. The second-order valence-corrected chi connectivity index (χ2v) is 8.38. The first kappa shape index (κ1) is 18.3. The summed E-state index contributed by atoms with van der Waals surface area (Å²) in [6.07, 6.45) is 5.10. The molecule has 0 amide bonds. The highest BCUT2D eigenvalue weighted by atomic mass is 32.1. The zero-order valence-corrected chi connectivity index (χ0v) is 17.2. The highest BCUT2D eigenvalue weighted by Gasteiger charge is 2.11. The Hall–Kier alpha value is -2.70. The number of aryl methyl sites for hydroxylation is 1. The molecule has 0 unspecified atom stereocenters. The number of likely N-dealkylation sites (tertiary alicyclic amines) is 1. The minimum absolute atomic E-state index is 0.620. The normalized spacial score (nSPS) is 14.6. The number of nitrogens with one attached hydrogen (secondary N) is 1. The minimum atomic E-state index is 0.620. The summed E-state index contributed by atoms with van der Waals surface area (Å²) in [6, 6.07) is 16.8. The molecular formula is C23H25N5S. The number of hydrogen-bond donors (Lipinski definition) is 1. The summed E-state index contributed by atoms with van der Waals surface area (Å²) in [5.41, 5.74) is 5.46. The van der Waals surface area contributed by atoms with Crippen molar-refractivity contribution in [3.63, 3.8) is 0 Å². The number of hydrogen-bond acceptors (Lipinski definition) is 5. The van der Waals surface area contributed by atoms with E-state index in [4.69, 9.17) is 0 Å². The number of anilines is 2. The fraction of sp³-hybridized carbons (Fsp3) is 0.304. The van der Waals surface area contributed by atoms with Crippen molar-refractivity contribution < 1.29 is 0 Å². The number of thiophene rings is 1. The number of aromatic nitrogens is 3. The van der Waals surface area contributed by atoms with E-state index in [2.05, 4.69) is 67.5 Å². The van der Waals surface area contributed by atoms with Crippen molar-refractivity contribution in [1.29, 1.82) is 0 Å². The van der Waals surface area contributed by atoms with Gasteiger partial charge in [0.1, 0.15) is 0 Å². The molecule has 1 aliphatic heterocycles. The molecule has 1 aromatic carbocycles. The van der Waals surface area contributed by atoms with Crippen LogP contribution in [0.25, 0.3) is 16.9 Å². The van der Waals surface area contributed by atoms with E-state index in [0.717, 1.165) is 29.0 Å². The van der Waals surface area contributed by atoms with Crippen molar-refractivity contribution in [2.24, 2.45) is 0 Å². The van der Waals surface area contributed by atoms with E-state index in [-0.39, 0.29) is 0 Å². The predicted molar refractivity (Wildman–Crippen MR) is 120 cm³/mol. The van der Waals surface area contributed by atoms with E-state index in [9.17, 15) is 0 Å². The van der Waals surface area contributed by atoms with Crippen molar-refractivity contribution in [2.75, 3.05) is 25.0 Å². The third kappa shape index (κ3) is 4.18. The van der Waals surface area contributed by atoms with Gasteiger partial charge in [0.15, 0.2) is 5.65 Å². The van der Waals surface area contributed by atoms with Gasteiger partial charge in [-0.1, -0.05) is 18.2 Å². The maximum atomic E-state index is 4.67. The van der Waals surface area contributed by atoms with Crippen LogP contribution in [0.1, 0.15) is 24.8 Å². The number of rotatable bonds is 7. The topological polar surface area (TPSA) is 45.5 Å². The molecule has 4 aromatic rings. The van der Waals surface area contributed by atoms with Gasteiger partial charge in [-0.3, -0.25) is 0 Å². The molecule has 0 atom stereocenters. The fourth-order valence-electron chi connectivity index (χ4n) is 3.98. The van der Waals surface area contributed by atoms with Gasteiger partial charge in [0.25, 0.3) is 0 Å². The Bertz CT molecular complexity index is 1060. The Labute approximate surface area is 175 Å². The third-order valence-corrected chi connectivity index (χ3v) is 6.21. The van der Waals surface area contributed by atoms with E-state index in [1.54, 1.807) is 11.3 Å². The van der Waals surface area contributed by atoms with E-state index in [0.29, 0.717) is 5.95 Å². The molecule has 0 aliphatic carbocycles. The second kappa shape index (κ2) is 8.35. The van der Waals surface area contributed by atoms with Gasteiger partial charge < -0.3 is 10.2 Å². The van der Waals surface area contributed by atoms with Gasteiger partial charge in [0, 0.05) is 16.6 Å². The zero-order chi connectivity index (χ0) is 19.5. The van der Waals surface area contributed by atoms with Crippen LogP contribution in [0.4, 0.5) is 11.6 Å². The van der Waals surface area contributed by atoms with Gasteiger partial charge in [-0.2, -0.15) is 16.3 Å². The molecule has 1 aliphatic rings. The van der Waals surface area contributed by atoms with Crippen LogP contribution in [0.15, 0.2) is 59.3 Å². The van der Waals surface area contributed by atoms with Crippen LogP contribution in [0.2, 0.25) is 0 Å². The first-order valence-electron chi connectivity index (χ1n) is 10.3. The molecule has 0 radical (unpaired) electrons. The zero-order valence-electron chi connectivity index (χ0n) is 16.4. The molecule has 1 saturated heterocycles. The summed E-state index contributed by atoms with van der Waals surface area (Å²) in [4.78, 5) is 7.21. The van der Waals surface area contributed by atoms with Crippen LogP contribution in [0.5, 0.6) is 0 Å². The lowest BCUT2D eigenvalue weighted by Crippen LogP contribution is -2.20. The Morgan fingerprint density at radius 1 is 1.00 bits per heavy atom. The maximum absolute atomic E-state index is 4.67. The molecule has 4 heterocycles. The van der Waals surface area contributed by atoms with Gasteiger partial charge in [-0.15, -0.1) is 5.10 Å². The largest absolute Gasteiger partial charge is 0.323 e. The number of pyridine rings is 1. The molecule has 0 bridgehead atoms. The summed E-state index contributed by atoms with van der Waals surface area (Å²) in [6.45, 7) is 3.78. The Balaban J connectivity index is 1.25. The molecule has 5 rings (SSSR count). The van der Waals surface area contributed by atoms with Gasteiger partial charge in [-0.25, -0.2) is 4.52 Å². The van der Waals surface area contributed by atoms with Crippen molar-refractivity contribution in [1.82, 2.24) is 19.5 Å². The molecule has 0 spiro atoms. The van der Waals surface area contributed by atoms with E-state index in [1.807, 2.05) is 16.6 Å². The fourth-order valence-corrected chi connectivity index (χ4v) is 4.63. The first-order valence-corrected chi connectivity index (χ1v) is 11.3. The molecular weight excluding hydrogens is 378 g/mol. The average Bonchev–Trinajstić information content (AvgIpc) is 3.50. The summed E-state index contributed by atoms with van der Waals surface area (Å²) in [5.74, 6) is 0.620. The van der Waals surface area contributed by atoms with E-state index < -0.39 is 0 Å². The van der Waals surface area contributed by atoms with Crippen LogP contribution in [-0.4, -0.2) is 39.1 Å². The Morgan fingerprint density at radius 3 is 2.66 bits per heavy atom. The lowest BCUT2D eigenvalue weighted by Gasteiger charge is -2.14. The van der Waals surface area contributed by atoms with Crippen molar-refractivity contribution in [3.8, 4) is 11.3 Å². The molecule has 0 saturated carbocycles. The Morgan fingerprint density at radius 2 is 1.86 bits per heavy atom.